The van der Waals surface area contributed by atoms with Gasteiger partial charge < -0.3 is 36.9 Å². The number of urea groups is 1. The molecule has 1 aromatic heterocycles. The molecule has 2 saturated heterocycles. The smallest absolute Gasteiger partial charge is 0.319 e. The maximum atomic E-state index is 12.4. The first kappa shape index (κ1) is 29.8. The van der Waals surface area contributed by atoms with Crippen molar-refractivity contribution in [1.29, 1.82) is 0 Å². The number of anilines is 1. The third kappa shape index (κ3) is 6.69. The normalized spacial score (nSPS) is 20.6. The molecular formula is C32H48N8O2. The second-order valence-electron chi connectivity index (χ2n) is 12.0. The lowest BCUT2D eigenvalue weighted by molar-refractivity contribution is -0.118. The zero-order valence-electron chi connectivity index (χ0n) is 25.0. The van der Waals surface area contributed by atoms with Crippen LogP contribution in [0.2, 0.25) is 0 Å². The number of nitrogens with zero attached hydrogens (tertiary/aromatic N) is 4. The highest BCUT2D eigenvalue weighted by molar-refractivity contribution is 6.02. The predicted molar refractivity (Wildman–Crippen MR) is 169 cm³/mol. The highest BCUT2D eigenvalue weighted by Gasteiger charge is 2.29. The number of primary amides is 1. The molecule has 10 heteroatoms. The quantitative estimate of drug-likeness (QED) is 0.279. The number of carbonyl (C=O) groups excluding carboxylic acids is 2. The third-order valence-corrected chi connectivity index (χ3v) is 9.49. The number of amides is 3. The van der Waals surface area contributed by atoms with E-state index in [2.05, 4.69) is 38.0 Å². The molecule has 0 spiro atoms. The molecule has 3 amide bonds. The molecule has 3 fully saturated rings. The van der Waals surface area contributed by atoms with Gasteiger partial charge in [0, 0.05) is 62.4 Å². The fourth-order valence-corrected chi connectivity index (χ4v) is 7.06. The molecule has 7 N–H and O–H groups in total. The second-order valence-corrected chi connectivity index (χ2v) is 12.0. The van der Waals surface area contributed by atoms with E-state index in [0.29, 0.717) is 24.4 Å². The van der Waals surface area contributed by atoms with Crippen molar-refractivity contribution in [3.8, 4) is 0 Å². The lowest BCUT2D eigenvalue weighted by Crippen LogP contribution is -2.48. The van der Waals surface area contributed by atoms with E-state index in [1.165, 1.54) is 6.42 Å². The van der Waals surface area contributed by atoms with Crippen LogP contribution in [0.1, 0.15) is 70.8 Å². The summed E-state index contributed by atoms with van der Waals surface area (Å²) in [5.74, 6) is 0.465. The van der Waals surface area contributed by atoms with E-state index >= 15 is 0 Å². The predicted octanol–water partition coefficient (Wildman–Crippen LogP) is 3.74. The number of benzene rings is 1. The van der Waals surface area contributed by atoms with Gasteiger partial charge in [0.1, 0.15) is 0 Å². The lowest BCUT2D eigenvalue weighted by atomic mass is 9.95. The first-order chi connectivity index (χ1) is 20.4. The summed E-state index contributed by atoms with van der Waals surface area (Å²) in [4.78, 5) is 30.9. The van der Waals surface area contributed by atoms with Gasteiger partial charge in [0.25, 0.3) is 5.91 Å². The highest BCUT2D eigenvalue weighted by atomic mass is 16.2. The van der Waals surface area contributed by atoms with Crippen molar-refractivity contribution >= 4 is 28.5 Å². The maximum absolute atomic E-state index is 12.4. The van der Waals surface area contributed by atoms with E-state index in [0.717, 1.165) is 94.1 Å². The van der Waals surface area contributed by atoms with Crippen LogP contribution in [0.15, 0.2) is 54.1 Å². The minimum absolute atomic E-state index is 0.199. The molecule has 5 rings (SSSR count). The van der Waals surface area contributed by atoms with E-state index in [9.17, 15) is 9.59 Å². The van der Waals surface area contributed by atoms with Gasteiger partial charge in [-0.2, -0.15) is 0 Å². The number of hydrogen-bond acceptors (Lipinski definition) is 6. The van der Waals surface area contributed by atoms with Crippen LogP contribution in [-0.4, -0.2) is 71.1 Å². The molecule has 0 unspecified atom stereocenters. The number of aromatic nitrogens is 1. The van der Waals surface area contributed by atoms with Gasteiger partial charge in [-0.1, -0.05) is 25.3 Å². The van der Waals surface area contributed by atoms with Crippen LogP contribution in [0.5, 0.6) is 0 Å². The molecule has 0 bridgehead atoms. The Kier molecular flexibility index (Phi) is 9.62. The second kappa shape index (κ2) is 13.5. The number of likely N-dealkylation sites (tertiary alicyclic amines) is 2. The Hall–Kier alpha value is -3.66. The van der Waals surface area contributed by atoms with E-state index < -0.39 is 6.03 Å². The zero-order chi connectivity index (χ0) is 29.6. The number of carbonyl (C=O) groups is 2. The Morgan fingerprint density at radius 2 is 1.60 bits per heavy atom. The molecule has 1 aliphatic carbocycles. The number of nitrogens with one attached hydrogen (secondary N) is 1. The number of piperidine rings is 2. The molecular weight excluding hydrogens is 528 g/mol. The molecule has 10 nitrogen and oxygen atoms in total. The monoisotopic (exact) mass is 576 g/mol. The minimum Gasteiger partial charge on any atom is -0.394 e. The molecule has 3 heterocycles. The Morgan fingerprint density at radius 1 is 0.905 bits per heavy atom. The zero-order valence-corrected chi connectivity index (χ0v) is 25.0. The topological polar surface area (TPSA) is 139 Å². The number of fused-ring (bicyclic) bond motifs is 1. The summed E-state index contributed by atoms with van der Waals surface area (Å²) in [6.07, 6.45) is 15.5. The van der Waals surface area contributed by atoms with E-state index in [1.807, 2.05) is 19.1 Å². The van der Waals surface area contributed by atoms with Crippen molar-refractivity contribution in [3.05, 3.63) is 54.1 Å². The van der Waals surface area contributed by atoms with Crippen LogP contribution in [-0.2, 0) is 4.79 Å². The standard InChI is InChI=1S/C32H48N8O2/c1-2-39(32(35)42)28-9-6-10-29-26(28)17-22-40(29)25-15-18-37(19-16-25)24-13-20-38(21-14-24)30(34)12-11-27(33)31(41)36-23-7-4-3-5-8-23/h6,9-12,17,22-25H,2-5,7-8,13-16,18-21,33-34H2,1H3,(H2,35,42)(H,36,41)/b27-11-,30-12+. The first-order valence-corrected chi connectivity index (χ1v) is 15.7. The van der Waals surface area contributed by atoms with Crippen LogP contribution in [0.25, 0.3) is 10.9 Å². The third-order valence-electron chi connectivity index (χ3n) is 9.49. The van der Waals surface area contributed by atoms with Gasteiger partial charge in [-0.3, -0.25) is 9.69 Å². The average Bonchev–Trinajstić information content (AvgIpc) is 3.45. The van der Waals surface area contributed by atoms with Crippen molar-refractivity contribution in [2.45, 2.75) is 82.8 Å². The molecule has 1 aromatic carbocycles. The summed E-state index contributed by atoms with van der Waals surface area (Å²) in [7, 11) is 0. The Morgan fingerprint density at radius 3 is 2.26 bits per heavy atom. The number of allylic oxidation sites excluding steroid dienone is 2. The van der Waals surface area contributed by atoms with Gasteiger partial charge in [-0.15, -0.1) is 0 Å². The average molecular weight is 577 g/mol. The van der Waals surface area contributed by atoms with Crippen molar-refractivity contribution in [2.24, 2.45) is 17.2 Å². The Labute approximate surface area is 249 Å². The van der Waals surface area contributed by atoms with Crippen LogP contribution in [0, 0.1) is 0 Å². The summed E-state index contributed by atoms with van der Waals surface area (Å²) in [6.45, 7) is 6.41. The van der Waals surface area contributed by atoms with Crippen LogP contribution in [0.3, 0.4) is 0 Å². The van der Waals surface area contributed by atoms with Gasteiger partial charge in [-0.25, -0.2) is 4.79 Å². The highest BCUT2D eigenvalue weighted by Crippen LogP contribution is 2.34. The maximum Gasteiger partial charge on any atom is 0.319 e. The summed E-state index contributed by atoms with van der Waals surface area (Å²) in [5.41, 5.74) is 20.3. The summed E-state index contributed by atoms with van der Waals surface area (Å²) >= 11 is 0. The van der Waals surface area contributed by atoms with E-state index in [4.69, 9.17) is 17.2 Å². The van der Waals surface area contributed by atoms with Gasteiger partial charge in [0.15, 0.2) is 0 Å². The largest absolute Gasteiger partial charge is 0.394 e. The van der Waals surface area contributed by atoms with Crippen LogP contribution >= 0.6 is 0 Å². The molecule has 0 atom stereocenters. The van der Waals surface area contributed by atoms with Crippen LogP contribution < -0.4 is 27.4 Å². The van der Waals surface area contributed by atoms with Crippen molar-refractivity contribution < 1.29 is 9.59 Å². The molecule has 228 valence electrons. The molecule has 3 aliphatic rings. The number of rotatable bonds is 8. The molecule has 42 heavy (non-hydrogen) atoms. The lowest BCUT2D eigenvalue weighted by Gasteiger charge is -2.42. The SMILES string of the molecule is CCN(C(N)=O)c1cccc2c1ccn2C1CCN(C2CCN(/C(N)=C/C=C(\N)C(=O)NC3CCCCC3)CC2)CC1. The first-order valence-electron chi connectivity index (χ1n) is 15.7. The summed E-state index contributed by atoms with van der Waals surface area (Å²) < 4.78 is 2.38. The van der Waals surface area contributed by atoms with E-state index in [1.54, 1.807) is 17.1 Å². The van der Waals surface area contributed by atoms with Crippen molar-refractivity contribution in [1.82, 2.24) is 19.7 Å². The molecule has 1 saturated carbocycles. The summed E-state index contributed by atoms with van der Waals surface area (Å²) in [5, 5.41) is 4.13. The molecule has 0 radical (unpaired) electrons. The van der Waals surface area contributed by atoms with Gasteiger partial charge in [0.05, 0.1) is 22.7 Å². The van der Waals surface area contributed by atoms with Crippen molar-refractivity contribution in [3.63, 3.8) is 0 Å². The number of hydrogen-bond donors (Lipinski definition) is 4. The van der Waals surface area contributed by atoms with Gasteiger partial charge in [-0.05, 0) is 75.8 Å². The fraction of sp³-hybridized carbons (Fsp3) is 0.562. The van der Waals surface area contributed by atoms with Crippen molar-refractivity contribution in [2.75, 3.05) is 37.6 Å². The fourth-order valence-electron chi connectivity index (χ4n) is 7.06. The number of nitrogens with two attached hydrogens (primary N) is 3. The van der Waals surface area contributed by atoms with Gasteiger partial charge >= 0.3 is 6.03 Å². The Bertz CT molecular complexity index is 1290. The van der Waals surface area contributed by atoms with Crippen LogP contribution in [0.4, 0.5) is 10.5 Å². The molecule has 2 aromatic rings. The van der Waals surface area contributed by atoms with Gasteiger partial charge in [0.2, 0.25) is 0 Å². The minimum atomic E-state index is -0.424. The summed E-state index contributed by atoms with van der Waals surface area (Å²) in [6, 6.07) is 9.04. The van der Waals surface area contributed by atoms with E-state index in [-0.39, 0.29) is 17.6 Å². The Balaban J connectivity index is 1.11. The molecule has 2 aliphatic heterocycles.